The monoisotopic (exact) mass is 664 g/mol. The Morgan fingerprint density at radius 1 is 0.681 bits per heavy atom. The summed E-state index contributed by atoms with van der Waals surface area (Å²) in [5.41, 5.74) is 1.91. The molecule has 6 rings (SSSR count). The Bertz CT molecular complexity index is 2070. The number of rotatable bonds is 6. The van der Waals surface area contributed by atoms with Crippen molar-refractivity contribution in [2.45, 2.75) is 24.3 Å². The number of para-hydroxylation sites is 2. The molecule has 2 atom stereocenters. The van der Waals surface area contributed by atoms with Crippen LogP contribution in [0.15, 0.2) is 58.1 Å². The number of methoxy groups -OCH3 is 4. The van der Waals surface area contributed by atoms with E-state index >= 15 is 0 Å². The van der Waals surface area contributed by atoms with Crippen LogP contribution in [0.4, 0.5) is 0 Å². The Balaban J connectivity index is 0.000000193. The van der Waals surface area contributed by atoms with Crippen molar-refractivity contribution in [3.05, 3.63) is 91.8 Å². The first kappa shape index (κ1) is 33.1. The average molecular weight is 665 g/mol. The van der Waals surface area contributed by atoms with Gasteiger partial charge < -0.3 is 28.9 Å². The van der Waals surface area contributed by atoms with Crippen LogP contribution in [-0.4, -0.2) is 68.7 Å². The van der Waals surface area contributed by atoms with Crippen molar-refractivity contribution in [1.82, 2.24) is 19.9 Å². The fourth-order valence-electron chi connectivity index (χ4n) is 5.66. The van der Waals surface area contributed by atoms with Crippen molar-refractivity contribution in [2.75, 3.05) is 28.4 Å². The molecule has 0 fully saturated rings. The van der Waals surface area contributed by atoms with Crippen LogP contribution in [0.25, 0.3) is 22.8 Å². The second kappa shape index (κ2) is 13.6. The van der Waals surface area contributed by atoms with Gasteiger partial charge in [-0.2, -0.15) is 0 Å². The Morgan fingerprint density at radius 3 is 1.66 bits per heavy atom. The Morgan fingerprint density at radius 2 is 1.15 bits per heavy atom. The number of nitrogens with one attached hydrogen (secondary N) is 2. The van der Waals surface area contributed by atoms with E-state index in [1.807, 2.05) is 12.1 Å². The lowest BCUT2D eigenvalue weighted by molar-refractivity contribution is -0.158. The molecule has 2 N–H and O–H groups in total. The van der Waals surface area contributed by atoms with E-state index in [2.05, 4.69) is 19.9 Å². The van der Waals surface area contributed by atoms with Gasteiger partial charge in [-0.15, -0.1) is 0 Å². The third-order valence-corrected chi connectivity index (χ3v) is 9.42. The molecular formula is C32H32N4O10S. The molecule has 0 saturated carbocycles. The number of hydrogen-bond donors (Lipinski definition) is 2. The molecular weight excluding hydrogens is 632 g/mol. The minimum absolute atomic E-state index is 0.0658. The number of carbonyl (C=O) groups is 2. The molecule has 246 valence electrons. The highest BCUT2D eigenvalue weighted by Gasteiger charge is 2.41. The van der Waals surface area contributed by atoms with Gasteiger partial charge in [-0.1, -0.05) is 24.3 Å². The SMILES string of the molecule is COC(=O)C1Cc2nc(-c3ccccc3OC)[nH]c(=O)c2CC1C(=O)OC.COc1ccccc1-c1nc2c(c(=O)[nH]1)CS(=O)(=O)C2. The number of hydrogen-bond acceptors (Lipinski definition) is 12. The van der Waals surface area contributed by atoms with E-state index in [1.54, 1.807) is 36.4 Å². The number of carbonyl (C=O) groups excluding carboxylic acids is 2. The van der Waals surface area contributed by atoms with Gasteiger partial charge in [-0.05, 0) is 30.7 Å². The number of sulfone groups is 1. The lowest BCUT2D eigenvalue weighted by Crippen LogP contribution is -2.40. The molecule has 14 nitrogen and oxygen atoms in total. The van der Waals surface area contributed by atoms with Crippen molar-refractivity contribution in [1.29, 1.82) is 0 Å². The Kier molecular flexibility index (Phi) is 9.56. The maximum atomic E-state index is 12.7. The molecule has 0 bridgehead atoms. The molecule has 4 aromatic rings. The average Bonchev–Trinajstić information content (AvgIpc) is 3.41. The first-order valence-corrected chi connectivity index (χ1v) is 16.2. The number of fused-ring (bicyclic) bond motifs is 2. The molecule has 2 unspecified atom stereocenters. The van der Waals surface area contributed by atoms with Gasteiger partial charge in [0.05, 0.1) is 79.9 Å². The molecule has 0 amide bonds. The molecule has 3 heterocycles. The highest BCUT2D eigenvalue weighted by atomic mass is 32.2. The number of benzene rings is 2. The fraction of sp³-hybridized carbons (Fsp3) is 0.312. The summed E-state index contributed by atoms with van der Waals surface area (Å²) in [4.78, 5) is 63.1. The summed E-state index contributed by atoms with van der Waals surface area (Å²) in [5, 5.41) is 0. The standard InChI is InChI=1S/C19H20N2O6.C13H12N2O4S/c1-25-15-7-5-4-6-10(15)16-20-14-9-12(19(24)27-3)11(18(23)26-2)8-13(14)17(22)21-16;1-19-11-5-3-2-4-8(11)12-14-10-7-20(17,18)6-9(10)13(16)15-12/h4-7,11-12H,8-9H2,1-3H3,(H,20,21,22);2-5H,6-7H2,1H3,(H,14,15,16). The number of esters is 2. The highest BCUT2D eigenvalue weighted by molar-refractivity contribution is 7.90. The van der Waals surface area contributed by atoms with E-state index in [0.29, 0.717) is 51.2 Å². The summed E-state index contributed by atoms with van der Waals surface area (Å²) < 4.78 is 43.4. The summed E-state index contributed by atoms with van der Waals surface area (Å²) in [7, 11) is 2.31. The summed E-state index contributed by atoms with van der Waals surface area (Å²) in [5.74, 6) is -1.25. The molecule has 1 aliphatic carbocycles. The summed E-state index contributed by atoms with van der Waals surface area (Å²) in [6, 6.07) is 14.3. The van der Waals surface area contributed by atoms with Crippen molar-refractivity contribution < 1.29 is 37.0 Å². The lowest BCUT2D eigenvalue weighted by atomic mass is 9.78. The van der Waals surface area contributed by atoms with Gasteiger partial charge in [0.15, 0.2) is 9.84 Å². The predicted molar refractivity (Wildman–Crippen MR) is 168 cm³/mol. The normalized spacial score (nSPS) is 17.3. The Hall–Kier alpha value is -5.31. The van der Waals surface area contributed by atoms with E-state index in [-0.39, 0.29) is 35.5 Å². The maximum absolute atomic E-state index is 12.7. The second-order valence-electron chi connectivity index (χ2n) is 10.8. The van der Waals surface area contributed by atoms with E-state index in [4.69, 9.17) is 18.9 Å². The second-order valence-corrected chi connectivity index (χ2v) is 12.8. The molecule has 47 heavy (non-hydrogen) atoms. The molecule has 1 aliphatic heterocycles. The van der Waals surface area contributed by atoms with Crippen LogP contribution in [0.5, 0.6) is 11.5 Å². The van der Waals surface area contributed by atoms with Gasteiger partial charge in [-0.3, -0.25) is 19.2 Å². The Labute approximate surface area is 269 Å². The van der Waals surface area contributed by atoms with Gasteiger partial charge >= 0.3 is 11.9 Å². The van der Waals surface area contributed by atoms with E-state index < -0.39 is 39.2 Å². The minimum atomic E-state index is -3.26. The zero-order valence-corrected chi connectivity index (χ0v) is 26.8. The van der Waals surface area contributed by atoms with E-state index in [9.17, 15) is 27.6 Å². The number of H-pyrrole nitrogens is 2. The summed E-state index contributed by atoms with van der Waals surface area (Å²) in [6.07, 6.45) is 0.185. The molecule has 0 saturated heterocycles. The van der Waals surface area contributed by atoms with E-state index in [0.717, 1.165) is 0 Å². The smallest absolute Gasteiger partial charge is 0.309 e. The first-order chi connectivity index (χ1) is 22.5. The van der Waals surface area contributed by atoms with Gasteiger partial charge in [-0.25, -0.2) is 18.4 Å². The number of ether oxygens (including phenoxy) is 4. The zero-order valence-electron chi connectivity index (χ0n) is 26.0. The third kappa shape index (κ3) is 6.79. The van der Waals surface area contributed by atoms with Gasteiger partial charge in [0.1, 0.15) is 23.1 Å². The minimum Gasteiger partial charge on any atom is -0.496 e. The predicted octanol–water partition coefficient (Wildman–Crippen LogP) is 2.00. The summed E-state index contributed by atoms with van der Waals surface area (Å²) >= 11 is 0. The molecule has 0 radical (unpaired) electrons. The molecule has 2 aliphatic rings. The lowest BCUT2D eigenvalue weighted by Gasteiger charge is -2.28. The third-order valence-electron chi connectivity index (χ3n) is 7.98. The van der Waals surface area contributed by atoms with Gasteiger partial charge in [0.2, 0.25) is 0 Å². The van der Waals surface area contributed by atoms with Crippen LogP contribution in [0.3, 0.4) is 0 Å². The van der Waals surface area contributed by atoms with Gasteiger partial charge in [0, 0.05) is 12.0 Å². The summed E-state index contributed by atoms with van der Waals surface area (Å²) in [6.45, 7) is 0. The van der Waals surface area contributed by atoms with E-state index in [1.165, 1.54) is 28.4 Å². The van der Waals surface area contributed by atoms with Crippen LogP contribution >= 0.6 is 0 Å². The number of aromatic nitrogens is 4. The van der Waals surface area contributed by atoms with Crippen molar-refractivity contribution in [3.63, 3.8) is 0 Å². The number of nitrogens with zero attached hydrogens (tertiary/aromatic N) is 2. The quantitative estimate of drug-likeness (QED) is 0.285. The van der Waals surface area contributed by atoms with Crippen molar-refractivity contribution in [2.24, 2.45) is 11.8 Å². The number of aromatic amines is 2. The molecule has 15 heteroatoms. The topological polar surface area (TPSA) is 197 Å². The van der Waals surface area contributed by atoms with Crippen LogP contribution in [0.2, 0.25) is 0 Å². The van der Waals surface area contributed by atoms with Crippen molar-refractivity contribution >= 4 is 21.8 Å². The molecule has 2 aromatic carbocycles. The van der Waals surface area contributed by atoms with Crippen molar-refractivity contribution in [3.8, 4) is 34.3 Å². The highest BCUT2D eigenvalue weighted by Crippen LogP contribution is 2.33. The fourth-order valence-corrected chi connectivity index (χ4v) is 7.16. The molecule has 2 aromatic heterocycles. The maximum Gasteiger partial charge on any atom is 0.309 e. The molecule has 0 spiro atoms. The van der Waals surface area contributed by atoms with Crippen LogP contribution < -0.4 is 20.6 Å². The largest absolute Gasteiger partial charge is 0.496 e. The zero-order chi connectivity index (χ0) is 33.9. The van der Waals surface area contributed by atoms with Crippen LogP contribution in [-0.2, 0) is 53.2 Å². The first-order valence-electron chi connectivity index (χ1n) is 14.4. The van der Waals surface area contributed by atoms with Crippen LogP contribution in [0, 0.1) is 11.8 Å². The van der Waals surface area contributed by atoms with Crippen LogP contribution in [0.1, 0.15) is 22.5 Å². The van der Waals surface area contributed by atoms with Gasteiger partial charge in [0.25, 0.3) is 11.1 Å².